The van der Waals surface area contributed by atoms with E-state index in [1.165, 1.54) is 11.9 Å². The van der Waals surface area contributed by atoms with Crippen LogP contribution in [0.2, 0.25) is 0 Å². The molecule has 8 heteroatoms. The number of nitrogens with zero attached hydrogens (tertiary/aromatic N) is 4. The third-order valence-corrected chi connectivity index (χ3v) is 7.27. The molecule has 0 atom stereocenters. The van der Waals surface area contributed by atoms with E-state index in [4.69, 9.17) is 0 Å². The highest BCUT2D eigenvalue weighted by Crippen LogP contribution is 2.43. The van der Waals surface area contributed by atoms with E-state index in [1.54, 1.807) is 6.07 Å². The van der Waals surface area contributed by atoms with Crippen LogP contribution >= 0.6 is 11.3 Å². The molecule has 158 valence electrons. The average Bonchev–Trinajstić information content (AvgIpc) is 3.09. The van der Waals surface area contributed by atoms with Crippen LogP contribution in [0.3, 0.4) is 0 Å². The first-order valence-corrected chi connectivity index (χ1v) is 11.0. The van der Waals surface area contributed by atoms with Crippen molar-refractivity contribution < 1.29 is 13.2 Å². The first-order valence-electron chi connectivity index (χ1n) is 10.2. The van der Waals surface area contributed by atoms with Gasteiger partial charge in [0.2, 0.25) is 0 Å². The Hall–Kier alpha value is -2.19. The Kier molecular flexibility index (Phi) is 4.94. The molecule has 0 bridgehead atoms. The molecule has 2 aliphatic rings. The Morgan fingerprint density at radius 2 is 1.77 bits per heavy atom. The summed E-state index contributed by atoms with van der Waals surface area (Å²) in [6.45, 7) is 4.99. The third kappa shape index (κ3) is 4.03. The summed E-state index contributed by atoms with van der Waals surface area (Å²) in [4.78, 5) is 14.3. The van der Waals surface area contributed by atoms with Gasteiger partial charge in [0.05, 0.1) is 11.8 Å². The molecule has 2 fully saturated rings. The van der Waals surface area contributed by atoms with Gasteiger partial charge in [-0.25, -0.2) is 9.97 Å². The molecule has 0 amide bonds. The first kappa shape index (κ1) is 19.8. The predicted molar refractivity (Wildman–Crippen MR) is 113 cm³/mol. The number of anilines is 1. The quantitative estimate of drug-likeness (QED) is 0.587. The largest absolute Gasteiger partial charge is 0.393 e. The molecular weight excluding hydrogens is 409 g/mol. The van der Waals surface area contributed by atoms with E-state index in [1.807, 2.05) is 6.07 Å². The van der Waals surface area contributed by atoms with Gasteiger partial charge in [-0.05, 0) is 29.9 Å². The lowest BCUT2D eigenvalue weighted by atomic mass is 9.72. The molecule has 0 radical (unpaired) electrons. The van der Waals surface area contributed by atoms with Crippen LogP contribution in [-0.4, -0.2) is 47.2 Å². The number of hydrogen-bond donors (Lipinski definition) is 0. The molecule has 0 N–H and O–H groups in total. The molecule has 0 saturated carbocycles. The number of piperidine rings is 1. The van der Waals surface area contributed by atoms with Crippen molar-refractivity contribution in [3.05, 3.63) is 53.2 Å². The van der Waals surface area contributed by atoms with Crippen molar-refractivity contribution in [2.45, 2.75) is 32.0 Å². The molecule has 1 spiro atoms. The van der Waals surface area contributed by atoms with E-state index in [0.717, 1.165) is 68.1 Å². The maximum atomic E-state index is 12.8. The van der Waals surface area contributed by atoms with E-state index < -0.39 is 12.6 Å². The number of alkyl halides is 3. The van der Waals surface area contributed by atoms with Crippen molar-refractivity contribution in [3.63, 3.8) is 0 Å². The van der Waals surface area contributed by atoms with Crippen LogP contribution in [0.15, 0.2) is 42.7 Å². The van der Waals surface area contributed by atoms with E-state index in [2.05, 4.69) is 44.0 Å². The Balaban J connectivity index is 1.23. The minimum atomic E-state index is -4.21. The van der Waals surface area contributed by atoms with Gasteiger partial charge in [-0.1, -0.05) is 30.3 Å². The van der Waals surface area contributed by atoms with Gasteiger partial charge >= 0.3 is 6.18 Å². The normalized spacial score (nSPS) is 19.4. The second kappa shape index (κ2) is 7.50. The van der Waals surface area contributed by atoms with Gasteiger partial charge in [0.25, 0.3) is 0 Å². The lowest BCUT2D eigenvalue weighted by Crippen LogP contribution is -2.59. The van der Waals surface area contributed by atoms with Crippen LogP contribution in [0, 0.1) is 5.41 Å². The number of hydrogen-bond acceptors (Lipinski definition) is 5. The summed E-state index contributed by atoms with van der Waals surface area (Å²) in [5.41, 5.74) is 1.72. The maximum Gasteiger partial charge on any atom is 0.393 e. The molecule has 2 aliphatic heterocycles. The maximum absolute atomic E-state index is 12.8. The second-order valence-electron chi connectivity index (χ2n) is 8.54. The van der Waals surface area contributed by atoms with Crippen LogP contribution in [0.25, 0.3) is 10.2 Å². The van der Waals surface area contributed by atoms with E-state index in [-0.39, 0.29) is 0 Å². The van der Waals surface area contributed by atoms with Crippen molar-refractivity contribution in [2.75, 3.05) is 31.1 Å². The number of aromatic nitrogens is 2. The third-order valence-electron chi connectivity index (χ3n) is 6.22. The molecule has 3 aromatic rings. The highest BCUT2D eigenvalue weighted by molar-refractivity contribution is 7.18. The average molecular weight is 433 g/mol. The highest BCUT2D eigenvalue weighted by atomic mass is 32.1. The van der Waals surface area contributed by atoms with E-state index >= 15 is 0 Å². The molecule has 0 aliphatic carbocycles. The van der Waals surface area contributed by atoms with Gasteiger partial charge < -0.3 is 4.90 Å². The number of benzene rings is 1. The van der Waals surface area contributed by atoms with Crippen molar-refractivity contribution in [1.29, 1.82) is 0 Å². The molecule has 30 heavy (non-hydrogen) atoms. The fourth-order valence-corrected chi connectivity index (χ4v) is 5.82. The summed E-state index contributed by atoms with van der Waals surface area (Å²) in [5.74, 6) is 0.778. The van der Waals surface area contributed by atoms with Crippen LogP contribution in [0.1, 0.15) is 23.3 Å². The Bertz CT molecular complexity index is 1020. The molecule has 1 aromatic carbocycles. The highest BCUT2D eigenvalue weighted by Gasteiger charge is 2.44. The first-order chi connectivity index (χ1) is 14.4. The number of fused-ring (bicyclic) bond motifs is 1. The van der Waals surface area contributed by atoms with Crippen LogP contribution in [0.5, 0.6) is 0 Å². The van der Waals surface area contributed by atoms with Gasteiger partial charge in [0.15, 0.2) is 0 Å². The summed E-state index contributed by atoms with van der Waals surface area (Å²) >= 11 is 1.11. The minimum absolute atomic E-state index is 0.295. The lowest BCUT2D eigenvalue weighted by Gasteiger charge is -2.54. The van der Waals surface area contributed by atoms with Crippen LogP contribution < -0.4 is 4.90 Å². The lowest BCUT2D eigenvalue weighted by molar-refractivity contribution is -0.126. The monoisotopic (exact) mass is 432 g/mol. The standard InChI is InChI=1S/C22H23F3N4S/c23-22(24,25)11-17-10-18-19(26-15-27-20(18)30-17)29-8-6-21(7-9-29)13-28(14-21)12-16-4-2-1-3-5-16/h1-5,10,15H,6-9,11-14H2. The van der Waals surface area contributed by atoms with Gasteiger partial charge in [-0.2, -0.15) is 13.2 Å². The number of thiophene rings is 1. The number of halogens is 3. The predicted octanol–water partition coefficient (Wildman–Crippen LogP) is 4.90. The van der Waals surface area contributed by atoms with E-state index in [0.29, 0.717) is 15.1 Å². The Labute approximate surface area is 177 Å². The molecule has 2 saturated heterocycles. The molecule has 4 heterocycles. The minimum Gasteiger partial charge on any atom is -0.356 e. The molecule has 5 rings (SSSR count). The molecule has 0 unspecified atom stereocenters. The molecule has 4 nitrogen and oxygen atoms in total. The topological polar surface area (TPSA) is 32.3 Å². The zero-order chi connectivity index (χ0) is 20.8. The fourth-order valence-electron chi connectivity index (χ4n) is 4.79. The zero-order valence-corrected chi connectivity index (χ0v) is 17.3. The Morgan fingerprint density at radius 1 is 1.03 bits per heavy atom. The van der Waals surface area contributed by atoms with Crippen LogP contribution in [-0.2, 0) is 13.0 Å². The number of likely N-dealkylation sites (tertiary alicyclic amines) is 1. The van der Waals surface area contributed by atoms with E-state index in [9.17, 15) is 13.2 Å². The SMILES string of the molecule is FC(F)(F)Cc1cc2c(N3CCC4(CC3)CN(Cc3ccccc3)C4)ncnc2s1. The molecule has 2 aromatic heterocycles. The summed E-state index contributed by atoms with van der Waals surface area (Å²) in [5, 5.41) is 0.747. The number of rotatable bonds is 4. The Morgan fingerprint density at radius 3 is 2.47 bits per heavy atom. The zero-order valence-electron chi connectivity index (χ0n) is 16.5. The van der Waals surface area contributed by atoms with Crippen molar-refractivity contribution >= 4 is 27.4 Å². The summed E-state index contributed by atoms with van der Waals surface area (Å²) in [6.07, 6.45) is -1.47. The van der Waals surface area contributed by atoms with Gasteiger partial charge in [-0.15, -0.1) is 11.3 Å². The smallest absolute Gasteiger partial charge is 0.356 e. The second-order valence-corrected chi connectivity index (χ2v) is 9.65. The van der Waals surface area contributed by atoms with Gasteiger partial charge in [0, 0.05) is 37.6 Å². The summed E-state index contributed by atoms with van der Waals surface area (Å²) in [6, 6.07) is 12.2. The van der Waals surface area contributed by atoms with Crippen LogP contribution in [0.4, 0.5) is 19.0 Å². The van der Waals surface area contributed by atoms with Crippen molar-refractivity contribution in [1.82, 2.24) is 14.9 Å². The van der Waals surface area contributed by atoms with Gasteiger partial charge in [0.1, 0.15) is 17.0 Å². The van der Waals surface area contributed by atoms with Gasteiger partial charge in [-0.3, -0.25) is 4.90 Å². The van der Waals surface area contributed by atoms with Crippen molar-refractivity contribution in [3.8, 4) is 0 Å². The summed E-state index contributed by atoms with van der Waals surface area (Å²) < 4.78 is 38.3. The summed E-state index contributed by atoms with van der Waals surface area (Å²) in [7, 11) is 0. The molecular formula is C22H23F3N4S. The van der Waals surface area contributed by atoms with Crippen molar-refractivity contribution in [2.24, 2.45) is 5.41 Å². The fraction of sp³-hybridized carbons (Fsp3) is 0.455.